The molecular formula is C14H20ClN. The van der Waals surface area contributed by atoms with Crippen LogP contribution in [0.4, 0.5) is 0 Å². The Morgan fingerprint density at radius 2 is 1.94 bits per heavy atom. The van der Waals surface area contributed by atoms with Crippen molar-refractivity contribution in [1.82, 2.24) is 4.90 Å². The highest BCUT2D eigenvalue weighted by Gasteiger charge is 2.26. The van der Waals surface area contributed by atoms with E-state index in [0.29, 0.717) is 0 Å². The lowest BCUT2D eigenvalue weighted by atomic mass is 9.80. The largest absolute Gasteiger partial charge is 0.305 e. The lowest BCUT2D eigenvalue weighted by Crippen LogP contribution is -2.25. The average Bonchev–Trinajstić information content (AvgIpc) is 2.41. The van der Waals surface area contributed by atoms with E-state index in [-0.39, 0.29) is 12.4 Å². The Morgan fingerprint density at radius 1 is 1.19 bits per heavy atom. The predicted molar refractivity (Wildman–Crippen MR) is 70.6 cm³/mol. The molecule has 0 saturated carbocycles. The Hall–Kier alpha value is -0.530. The van der Waals surface area contributed by atoms with E-state index in [2.05, 4.69) is 30.1 Å². The Balaban J connectivity index is 0.000000963. The van der Waals surface area contributed by atoms with Crippen LogP contribution in [-0.2, 0) is 12.8 Å². The summed E-state index contributed by atoms with van der Waals surface area (Å²) in [4.78, 5) is 2.50. The first kappa shape index (κ1) is 11.9. The molecule has 1 atom stereocenters. The highest BCUT2D eigenvalue weighted by Crippen LogP contribution is 2.36. The van der Waals surface area contributed by atoms with Crippen LogP contribution in [0.1, 0.15) is 35.4 Å². The molecule has 3 rings (SSSR count). The quantitative estimate of drug-likeness (QED) is 0.671. The van der Waals surface area contributed by atoms with E-state index in [1.165, 1.54) is 38.8 Å². The molecule has 88 valence electrons. The van der Waals surface area contributed by atoms with Crippen LogP contribution in [0.5, 0.6) is 0 Å². The first-order chi connectivity index (χ1) is 7.34. The summed E-state index contributed by atoms with van der Waals surface area (Å²) >= 11 is 0. The molecule has 1 aromatic carbocycles. The number of halogens is 1. The summed E-state index contributed by atoms with van der Waals surface area (Å²) in [7, 11) is 2.26. The fourth-order valence-corrected chi connectivity index (χ4v) is 3.27. The molecule has 0 fully saturated rings. The minimum atomic E-state index is 0. The van der Waals surface area contributed by atoms with Crippen molar-refractivity contribution >= 4 is 12.4 Å². The Kier molecular flexibility index (Phi) is 3.56. The van der Waals surface area contributed by atoms with E-state index in [0.717, 1.165) is 5.92 Å². The van der Waals surface area contributed by atoms with Crippen molar-refractivity contribution in [2.24, 2.45) is 0 Å². The third kappa shape index (κ3) is 1.99. The second kappa shape index (κ2) is 4.77. The van der Waals surface area contributed by atoms with Crippen LogP contribution in [0, 0.1) is 0 Å². The second-order valence-electron chi connectivity index (χ2n) is 5.09. The van der Waals surface area contributed by atoms with Crippen LogP contribution in [-0.4, -0.2) is 25.0 Å². The number of aryl methyl sites for hydroxylation is 1. The second-order valence-corrected chi connectivity index (χ2v) is 5.09. The molecule has 0 N–H and O–H groups in total. The van der Waals surface area contributed by atoms with Gasteiger partial charge in [-0.1, -0.05) is 18.2 Å². The van der Waals surface area contributed by atoms with Crippen molar-refractivity contribution in [1.29, 1.82) is 0 Å². The van der Waals surface area contributed by atoms with Crippen LogP contribution < -0.4 is 0 Å². The zero-order chi connectivity index (χ0) is 10.3. The van der Waals surface area contributed by atoms with Crippen molar-refractivity contribution < 1.29 is 0 Å². The molecule has 0 aromatic heterocycles. The molecule has 0 spiro atoms. The summed E-state index contributed by atoms with van der Waals surface area (Å²) in [5.41, 5.74) is 4.98. The molecule has 2 aliphatic rings. The van der Waals surface area contributed by atoms with Gasteiger partial charge in [-0.3, -0.25) is 0 Å². The van der Waals surface area contributed by atoms with Crippen molar-refractivity contribution in [3.8, 4) is 0 Å². The molecule has 1 unspecified atom stereocenters. The van der Waals surface area contributed by atoms with Gasteiger partial charge < -0.3 is 4.90 Å². The molecule has 2 heteroatoms. The van der Waals surface area contributed by atoms with Gasteiger partial charge in [0.1, 0.15) is 0 Å². The predicted octanol–water partition coefficient (Wildman–Crippen LogP) is 3.02. The molecular weight excluding hydrogens is 218 g/mol. The third-order valence-corrected chi connectivity index (χ3v) is 3.99. The minimum absolute atomic E-state index is 0. The van der Waals surface area contributed by atoms with Crippen LogP contribution in [0.2, 0.25) is 0 Å². The summed E-state index contributed by atoms with van der Waals surface area (Å²) < 4.78 is 0. The van der Waals surface area contributed by atoms with Crippen molar-refractivity contribution in [3.63, 3.8) is 0 Å². The van der Waals surface area contributed by atoms with E-state index in [1.807, 2.05) is 0 Å². The average molecular weight is 238 g/mol. The molecule has 0 saturated heterocycles. The van der Waals surface area contributed by atoms with Crippen molar-refractivity contribution in [2.45, 2.75) is 31.6 Å². The summed E-state index contributed by atoms with van der Waals surface area (Å²) in [6, 6.07) is 6.94. The zero-order valence-corrected chi connectivity index (χ0v) is 10.7. The maximum Gasteiger partial charge on any atom is 0.00475 e. The van der Waals surface area contributed by atoms with Gasteiger partial charge in [0.2, 0.25) is 0 Å². The van der Waals surface area contributed by atoms with Gasteiger partial charge in [0.25, 0.3) is 0 Å². The van der Waals surface area contributed by atoms with Gasteiger partial charge in [-0.2, -0.15) is 0 Å². The van der Waals surface area contributed by atoms with E-state index in [4.69, 9.17) is 0 Å². The Labute approximate surface area is 104 Å². The molecule has 1 aliphatic carbocycles. The van der Waals surface area contributed by atoms with Crippen LogP contribution >= 0.6 is 12.4 Å². The fraction of sp³-hybridized carbons (Fsp3) is 0.571. The van der Waals surface area contributed by atoms with Gasteiger partial charge in [0, 0.05) is 13.1 Å². The van der Waals surface area contributed by atoms with Gasteiger partial charge in [-0.25, -0.2) is 0 Å². The summed E-state index contributed by atoms with van der Waals surface area (Å²) in [6.45, 7) is 2.50. The van der Waals surface area contributed by atoms with Crippen LogP contribution in [0.3, 0.4) is 0 Å². The van der Waals surface area contributed by atoms with E-state index in [9.17, 15) is 0 Å². The Bertz CT molecular complexity index is 375. The third-order valence-electron chi connectivity index (χ3n) is 3.99. The number of hydrogen-bond acceptors (Lipinski definition) is 1. The van der Waals surface area contributed by atoms with Crippen molar-refractivity contribution in [2.75, 3.05) is 20.1 Å². The zero-order valence-electron chi connectivity index (χ0n) is 9.91. The molecule has 1 nitrogen and oxygen atoms in total. The molecule has 0 bridgehead atoms. The molecule has 1 aliphatic heterocycles. The van der Waals surface area contributed by atoms with Gasteiger partial charge in [0.05, 0.1) is 0 Å². The van der Waals surface area contributed by atoms with Gasteiger partial charge in [-0.05, 0) is 55.3 Å². The lowest BCUT2D eigenvalue weighted by Gasteiger charge is -2.27. The number of benzene rings is 1. The van der Waals surface area contributed by atoms with Gasteiger partial charge >= 0.3 is 0 Å². The standard InChI is InChI=1S/C14H19N.ClH/c1-15-9-8-12-6-2-4-11-5-3-7-13(10-15)14(11)12;/h2,4,6,13H,3,5,7-10H2,1H3;1H. The first-order valence-corrected chi connectivity index (χ1v) is 6.14. The normalized spacial score (nSPS) is 24.2. The van der Waals surface area contributed by atoms with E-state index in [1.54, 1.807) is 16.7 Å². The first-order valence-electron chi connectivity index (χ1n) is 6.14. The number of hydrogen-bond donors (Lipinski definition) is 0. The monoisotopic (exact) mass is 237 g/mol. The number of rotatable bonds is 0. The smallest absolute Gasteiger partial charge is 0.00475 e. The summed E-state index contributed by atoms with van der Waals surface area (Å²) in [5.74, 6) is 0.817. The molecule has 0 amide bonds. The summed E-state index contributed by atoms with van der Waals surface area (Å²) in [6.07, 6.45) is 5.34. The summed E-state index contributed by atoms with van der Waals surface area (Å²) in [5, 5.41) is 0. The SMILES string of the molecule is CN1CCc2cccc3c2C(CCC3)C1.Cl. The number of nitrogens with zero attached hydrogens (tertiary/aromatic N) is 1. The fourth-order valence-electron chi connectivity index (χ4n) is 3.27. The molecule has 1 heterocycles. The highest BCUT2D eigenvalue weighted by atomic mass is 35.5. The number of likely N-dealkylation sites (N-methyl/N-ethyl adjacent to an activating group) is 1. The van der Waals surface area contributed by atoms with E-state index >= 15 is 0 Å². The molecule has 16 heavy (non-hydrogen) atoms. The van der Waals surface area contributed by atoms with Gasteiger partial charge in [-0.15, -0.1) is 12.4 Å². The van der Waals surface area contributed by atoms with Crippen molar-refractivity contribution in [3.05, 3.63) is 34.9 Å². The van der Waals surface area contributed by atoms with Crippen LogP contribution in [0.25, 0.3) is 0 Å². The molecule has 0 radical (unpaired) electrons. The minimum Gasteiger partial charge on any atom is -0.305 e. The molecule has 1 aromatic rings. The highest BCUT2D eigenvalue weighted by molar-refractivity contribution is 5.85. The van der Waals surface area contributed by atoms with Gasteiger partial charge in [0.15, 0.2) is 0 Å². The lowest BCUT2D eigenvalue weighted by molar-refractivity contribution is 0.313. The maximum absolute atomic E-state index is 2.50. The Morgan fingerprint density at radius 3 is 2.75 bits per heavy atom. The van der Waals surface area contributed by atoms with E-state index < -0.39 is 0 Å². The maximum atomic E-state index is 2.50. The topological polar surface area (TPSA) is 3.24 Å². The van der Waals surface area contributed by atoms with Crippen LogP contribution in [0.15, 0.2) is 18.2 Å².